The number of anilines is 1. The van der Waals surface area contributed by atoms with Gasteiger partial charge in [0, 0.05) is 12.6 Å². The van der Waals surface area contributed by atoms with Crippen LogP contribution in [0, 0.1) is 0 Å². The Bertz CT molecular complexity index is 610. The largest absolute Gasteiger partial charge is 0.478 e. The van der Waals surface area contributed by atoms with Gasteiger partial charge in [-0.3, -0.25) is 4.31 Å². The summed E-state index contributed by atoms with van der Waals surface area (Å²) < 4.78 is 28.1. The van der Waals surface area contributed by atoms with E-state index in [9.17, 15) is 13.2 Å². The molecule has 0 atom stereocenters. The second kappa shape index (κ2) is 4.82. The molecular weight excluding hydrogens is 268 g/mol. The fourth-order valence-corrected chi connectivity index (χ4v) is 3.61. The monoisotopic (exact) mass is 284 g/mol. The number of benzene rings is 1. The molecule has 1 aromatic rings. The standard InChI is InChI=1S/C12H16N2O4S/c1-8(2)13-19(17,18)14-6-5-9-7-10(12(15)16)3-4-11(9)14/h3-4,7-8,13H,5-6H2,1-2H3,(H,15,16). The molecule has 0 amide bonds. The van der Waals surface area contributed by atoms with Gasteiger partial charge in [0.2, 0.25) is 0 Å². The van der Waals surface area contributed by atoms with Gasteiger partial charge in [-0.15, -0.1) is 0 Å². The van der Waals surface area contributed by atoms with E-state index in [1.165, 1.54) is 16.4 Å². The maximum atomic E-state index is 12.1. The van der Waals surface area contributed by atoms with Gasteiger partial charge in [-0.05, 0) is 44.0 Å². The van der Waals surface area contributed by atoms with Gasteiger partial charge in [0.15, 0.2) is 0 Å². The van der Waals surface area contributed by atoms with Crippen molar-refractivity contribution >= 4 is 21.9 Å². The summed E-state index contributed by atoms with van der Waals surface area (Å²) in [6.07, 6.45) is 0.523. The van der Waals surface area contributed by atoms with Crippen LogP contribution in [-0.2, 0) is 16.6 Å². The van der Waals surface area contributed by atoms with Crippen molar-refractivity contribution in [3.63, 3.8) is 0 Å². The van der Waals surface area contributed by atoms with Crippen molar-refractivity contribution in [2.75, 3.05) is 10.8 Å². The van der Waals surface area contributed by atoms with E-state index < -0.39 is 16.2 Å². The molecule has 1 aliphatic heterocycles. The van der Waals surface area contributed by atoms with Crippen LogP contribution in [0.3, 0.4) is 0 Å². The number of nitrogens with zero attached hydrogens (tertiary/aromatic N) is 1. The Morgan fingerprint density at radius 2 is 2.11 bits per heavy atom. The Morgan fingerprint density at radius 3 is 2.68 bits per heavy atom. The number of carboxylic acids is 1. The lowest BCUT2D eigenvalue weighted by molar-refractivity contribution is 0.0697. The lowest BCUT2D eigenvalue weighted by Crippen LogP contribution is -2.42. The van der Waals surface area contributed by atoms with Crippen LogP contribution >= 0.6 is 0 Å². The summed E-state index contributed by atoms with van der Waals surface area (Å²) in [7, 11) is -3.57. The van der Waals surface area contributed by atoms with Gasteiger partial charge >= 0.3 is 16.2 Å². The molecule has 0 unspecified atom stereocenters. The minimum absolute atomic E-state index is 0.176. The van der Waals surface area contributed by atoms with E-state index in [1.807, 2.05) is 0 Å². The number of hydrogen-bond acceptors (Lipinski definition) is 3. The third-order valence-electron chi connectivity index (χ3n) is 2.85. The summed E-state index contributed by atoms with van der Waals surface area (Å²) in [5.74, 6) is -1.01. The number of carbonyl (C=O) groups is 1. The first kappa shape index (κ1) is 13.8. The molecule has 0 bridgehead atoms. The van der Waals surface area contributed by atoms with Gasteiger partial charge in [-0.25, -0.2) is 4.79 Å². The van der Waals surface area contributed by atoms with Crippen molar-refractivity contribution in [3.8, 4) is 0 Å². The fraction of sp³-hybridized carbons (Fsp3) is 0.417. The Balaban J connectivity index is 2.35. The zero-order chi connectivity index (χ0) is 14.2. The van der Waals surface area contributed by atoms with Crippen LogP contribution in [0.2, 0.25) is 0 Å². The molecule has 1 heterocycles. The highest BCUT2D eigenvalue weighted by Crippen LogP contribution is 2.30. The molecule has 2 rings (SSSR count). The van der Waals surface area contributed by atoms with Gasteiger partial charge in [0.25, 0.3) is 0 Å². The second-order valence-electron chi connectivity index (χ2n) is 4.75. The average molecular weight is 284 g/mol. The van der Waals surface area contributed by atoms with E-state index in [2.05, 4.69) is 4.72 Å². The lowest BCUT2D eigenvalue weighted by Gasteiger charge is -2.21. The van der Waals surface area contributed by atoms with Crippen LogP contribution in [0.15, 0.2) is 18.2 Å². The molecule has 1 aromatic carbocycles. The predicted octanol–water partition coefficient (Wildman–Crippen LogP) is 0.990. The molecule has 2 N–H and O–H groups in total. The lowest BCUT2D eigenvalue weighted by atomic mass is 10.1. The molecule has 104 valence electrons. The molecule has 0 spiro atoms. The van der Waals surface area contributed by atoms with E-state index in [4.69, 9.17) is 5.11 Å². The highest BCUT2D eigenvalue weighted by molar-refractivity contribution is 7.90. The van der Waals surface area contributed by atoms with Crippen molar-refractivity contribution in [2.24, 2.45) is 0 Å². The second-order valence-corrected chi connectivity index (χ2v) is 6.37. The van der Waals surface area contributed by atoms with Crippen LogP contribution in [-0.4, -0.2) is 32.1 Å². The number of rotatable bonds is 4. The quantitative estimate of drug-likeness (QED) is 0.863. The van der Waals surface area contributed by atoms with E-state index in [-0.39, 0.29) is 11.6 Å². The third-order valence-corrected chi connectivity index (χ3v) is 4.58. The minimum Gasteiger partial charge on any atom is -0.478 e. The molecule has 0 fully saturated rings. The molecule has 0 aliphatic carbocycles. The summed E-state index contributed by atoms with van der Waals surface area (Å²) in [4.78, 5) is 10.9. The minimum atomic E-state index is -3.57. The molecule has 0 saturated carbocycles. The average Bonchev–Trinajstić information content (AvgIpc) is 2.70. The van der Waals surface area contributed by atoms with Crippen molar-refractivity contribution < 1.29 is 18.3 Å². The topological polar surface area (TPSA) is 86.7 Å². The predicted molar refractivity (Wildman–Crippen MR) is 71.6 cm³/mol. The van der Waals surface area contributed by atoms with Gasteiger partial charge < -0.3 is 5.11 Å². The fourth-order valence-electron chi connectivity index (χ4n) is 2.12. The highest BCUT2D eigenvalue weighted by Gasteiger charge is 2.30. The SMILES string of the molecule is CC(C)NS(=O)(=O)N1CCc2cc(C(=O)O)ccc21. The normalized spacial score (nSPS) is 14.8. The zero-order valence-corrected chi connectivity index (χ0v) is 11.6. The van der Waals surface area contributed by atoms with E-state index in [0.717, 1.165) is 5.56 Å². The van der Waals surface area contributed by atoms with E-state index >= 15 is 0 Å². The summed E-state index contributed by atoms with van der Waals surface area (Å²) in [5, 5.41) is 8.92. The summed E-state index contributed by atoms with van der Waals surface area (Å²) >= 11 is 0. The van der Waals surface area contributed by atoms with Crippen molar-refractivity contribution in [2.45, 2.75) is 26.3 Å². The first-order chi connectivity index (χ1) is 8.81. The molecule has 0 radical (unpaired) electrons. The summed E-state index contributed by atoms with van der Waals surface area (Å²) in [5.41, 5.74) is 1.47. The third kappa shape index (κ3) is 2.71. The molecule has 0 saturated heterocycles. The Labute approximate surface area is 112 Å². The maximum Gasteiger partial charge on any atom is 0.335 e. The molecular formula is C12H16N2O4S. The first-order valence-corrected chi connectivity index (χ1v) is 7.41. The Hall–Kier alpha value is -1.60. The van der Waals surface area contributed by atoms with Crippen LogP contribution in [0.25, 0.3) is 0 Å². The van der Waals surface area contributed by atoms with Crippen molar-refractivity contribution in [3.05, 3.63) is 29.3 Å². The van der Waals surface area contributed by atoms with Crippen LogP contribution in [0.1, 0.15) is 29.8 Å². The number of carboxylic acid groups (broad SMARTS) is 1. The van der Waals surface area contributed by atoms with Crippen LogP contribution in [0.5, 0.6) is 0 Å². The van der Waals surface area contributed by atoms with Crippen molar-refractivity contribution in [1.82, 2.24) is 4.72 Å². The Morgan fingerprint density at radius 1 is 1.42 bits per heavy atom. The van der Waals surface area contributed by atoms with Crippen LogP contribution in [0.4, 0.5) is 5.69 Å². The van der Waals surface area contributed by atoms with Gasteiger partial charge in [-0.1, -0.05) is 0 Å². The van der Waals surface area contributed by atoms with Gasteiger partial charge in [0.05, 0.1) is 11.3 Å². The Kier molecular flexibility index (Phi) is 3.51. The highest BCUT2D eigenvalue weighted by atomic mass is 32.2. The van der Waals surface area contributed by atoms with E-state index in [0.29, 0.717) is 18.7 Å². The van der Waals surface area contributed by atoms with E-state index in [1.54, 1.807) is 19.9 Å². The number of nitrogens with one attached hydrogen (secondary N) is 1. The molecule has 7 heteroatoms. The molecule has 6 nitrogen and oxygen atoms in total. The van der Waals surface area contributed by atoms with Crippen molar-refractivity contribution in [1.29, 1.82) is 0 Å². The molecule has 19 heavy (non-hydrogen) atoms. The summed E-state index contributed by atoms with van der Waals surface area (Å²) in [6.45, 7) is 3.84. The smallest absolute Gasteiger partial charge is 0.335 e. The summed E-state index contributed by atoms with van der Waals surface area (Å²) in [6, 6.07) is 4.31. The first-order valence-electron chi connectivity index (χ1n) is 5.97. The maximum absolute atomic E-state index is 12.1. The zero-order valence-electron chi connectivity index (χ0n) is 10.8. The molecule has 0 aromatic heterocycles. The van der Waals surface area contributed by atoms with Gasteiger partial charge in [0.1, 0.15) is 0 Å². The number of aromatic carboxylic acids is 1. The van der Waals surface area contributed by atoms with Crippen LogP contribution < -0.4 is 9.03 Å². The number of hydrogen-bond donors (Lipinski definition) is 2. The molecule has 1 aliphatic rings. The number of fused-ring (bicyclic) bond motifs is 1. The van der Waals surface area contributed by atoms with Gasteiger partial charge in [-0.2, -0.15) is 13.1 Å².